The molecule has 1 aliphatic heterocycles. The molecule has 0 amide bonds. The Labute approximate surface area is 114 Å². The van der Waals surface area contributed by atoms with Crippen LogP contribution in [0, 0.1) is 0 Å². The van der Waals surface area contributed by atoms with Gasteiger partial charge in [-0.15, -0.1) is 0 Å². The first-order valence-electron chi connectivity index (χ1n) is 6.81. The highest BCUT2D eigenvalue weighted by Crippen LogP contribution is 2.38. The van der Waals surface area contributed by atoms with Crippen molar-refractivity contribution in [2.24, 2.45) is 0 Å². The van der Waals surface area contributed by atoms with E-state index in [-0.39, 0.29) is 6.54 Å². The lowest BCUT2D eigenvalue weighted by atomic mass is 9.99. The third-order valence-corrected chi connectivity index (χ3v) is 3.64. The zero-order valence-electron chi connectivity index (χ0n) is 11.9. The van der Waals surface area contributed by atoms with E-state index in [1.54, 1.807) is 0 Å². The summed E-state index contributed by atoms with van der Waals surface area (Å²) in [5, 5.41) is 9.07. The van der Waals surface area contributed by atoms with Crippen molar-refractivity contribution in [3.05, 3.63) is 23.8 Å². The Morgan fingerprint density at radius 1 is 1.37 bits per heavy atom. The van der Waals surface area contributed by atoms with Gasteiger partial charge in [-0.1, -0.05) is 26.0 Å². The van der Waals surface area contributed by atoms with E-state index in [2.05, 4.69) is 31.9 Å². The van der Waals surface area contributed by atoms with Gasteiger partial charge in [0, 0.05) is 20.1 Å². The van der Waals surface area contributed by atoms with Gasteiger partial charge >= 0.3 is 5.97 Å². The summed E-state index contributed by atoms with van der Waals surface area (Å²) >= 11 is 0. The number of fused-ring (bicyclic) bond motifs is 1. The van der Waals surface area contributed by atoms with E-state index in [1.807, 2.05) is 17.0 Å². The molecule has 1 N–H and O–H groups in total. The van der Waals surface area contributed by atoms with Gasteiger partial charge in [-0.25, -0.2) is 0 Å². The van der Waals surface area contributed by atoms with Crippen LogP contribution >= 0.6 is 0 Å². The van der Waals surface area contributed by atoms with Gasteiger partial charge < -0.3 is 14.9 Å². The summed E-state index contributed by atoms with van der Waals surface area (Å²) in [6.45, 7) is 6.19. The van der Waals surface area contributed by atoms with Crippen LogP contribution in [0.15, 0.2) is 18.2 Å². The van der Waals surface area contributed by atoms with E-state index in [0.717, 1.165) is 25.2 Å². The Hall–Kier alpha value is -1.71. The smallest absolute Gasteiger partial charge is 0.323 e. The van der Waals surface area contributed by atoms with E-state index in [9.17, 15) is 4.79 Å². The highest BCUT2D eigenvalue weighted by atomic mass is 16.4. The largest absolute Gasteiger partial charge is 0.480 e. The standard InChI is InChI=1S/C15H22N2O2/c1-11(2)12-6-4-7-13-15(12)16(3)8-5-9-17(13)10-14(18)19/h4,6-7,11H,5,8-10H2,1-3H3,(H,18,19). The Morgan fingerprint density at radius 3 is 2.74 bits per heavy atom. The number of carboxylic acids is 1. The summed E-state index contributed by atoms with van der Waals surface area (Å²) in [6.07, 6.45) is 0.982. The molecule has 0 saturated carbocycles. The molecule has 1 heterocycles. The van der Waals surface area contributed by atoms with Crippen molar-refractivity contribution in [2.45, 2.75) is 26.2 Å². The molecular formula is C15H22N2O2. The van der Waals surface area contributed by atoms with Crippen molar-refractivity contribution in [2.75, 3.05) is 36.5 Å². The number of benzene rings is 1. The molecule has 0 fully saturated rings. The predicted octanol–water partition coefficient (Wildman–Crippen LogP) is 2.54. The number of aliphatic carboxylic acids is 1. The van der Waals surface area contributed by atoms with Gasteiger partial charge in [-0.05, 0) is 24.0 Å². The Kier molecular flexibility index (Phi) is 3.98. The lowest BCUT2D eigenvalue weighted by Crippen LogP contribution is -2.30. The minimum atomic E-state index is -0.773. The number of hydrogen-bond acceptors (Lipinski definition) is 3. The van der Waals surface area contributed by atoms with Crippen molar-refractivity contribution in [3.8, 4) is 0 Å². The Balaban J connectivity index is 2.50. The molecule has 0 aromatic heterocycles. The molecule has 0 atom stereocenters. The van der Waals surface area contributed by atoms with Crippen molar-refractivity contribution in [1.29, 1.82) is 0 Å². The molecule has 1 aromatic rings. The van der Waals surface area contributed by atoms with Gasteiger partial charge in [-0.2, -0.15) is 0 Å². The van der Waals surface area contributed by atoms with Crippen molar-refractivity contribution in [1.82, 2.24) is 0 Å². The topological polar surface area (TPSA) is 43.8 Å². The second kappa shape index (κ2) is 5.51. The second-order valence-corrected chi connectivity index (χ2v) is 5.46. The number of carbonyl (C=O) groups is 1. The van der Waals surface area contributed by atoms with Crippen LogP contribution in [0.25, 0.3) is 0 Å². The van der Waals surface area contributed by atoms with Gasteiger partial charge in [0.25, 0.3) is 0 Å². The van der Waals surface area contributed by atoms with Crippen LogP contribution in [-0.2, 0) is 4.79 Å². The highest BCUT2D eigenvalue weighted by molar-refractivity contribution is 5.81. The lowest BCUT2D eigenvalue weighted by Gasteiger charge is -2.28. The van der Waals surface area contributed by atoms with Gasteiger partial charge in [0.2, 0.25) is 0 Å². The Morgan fingerprint density at radius 2 is 2.11 bits per heavy atom. The first-order valence-corrected chi connectivity index (χ1v) is 6.81. The normalized spacial score (nSPS) is 15.4. The highest BCUT2D eigenvalue weighted by Gasteiger charge is 2.23. The molecule has 0 spiro atoms. The molecule has 0 bridgehead atoms. The molecule has 1 aromatic carbocycles. The fourth-order valence-corrected chi connectivity index (χ4v) is 2.74. The quantitative estimate of drug-likeness (QED) is 0.909. The van der Waals surface area contributed by atoms with Gasteiger partial charge in [-0.3, -0.25) is 4.79 Å². The van der Waals surface area contributed by atoms with E-state index >= 15 is 0 Å². The fraction of sp³-hybridized carbons (Fsp3) is 0.533. The van der Waals surface area contributed by atoms with Crippen LogP contribution in [0.2, 0.25) is 0 Å². The first kappa shape index (κ1) is 13.7. The van der Waals surface area contributed by atoms with Crippen LogP contribution in [0.3, 0.4) is 0 Å². The predicted molar refractivity (Wildman–Crippen MR) is 78.3 cm³/mol. The first-order chi connectivity index (χ1) is 9.00. The number of hydrogen-bond donors (Lipinski definition) is 1. The monoisotopic (exact) mass is 262 g/mol. The van der Waals surface area contributed by atoms with Crippen molar-refractivity contribution >= 4 is 17.3 Å². The summed E-state index contributed by atoms with van der Waals surface area (Å²) in [6, 6.07) is 6.21. The average molecular weight is 262 g/mol. The van der Waals surface area contributed by atoms with Crippen LogP contribution in [0.5, 0.6) is 0 Å². The summed E-state index contributed by atoms with van der Waals surface area (Å²) in [5.41, 5.74) is 3.53. The molecule has 0 unspecified atom stereocenters. The molecular weight excluding hydrogens is 240 g/mol. The zero-order chi connectivity index (χ0) is 14.0. The fourth-order valence-electron chi connectivity index (χ4n) is 2.74. The SMILES string of the molecule is CC(C)c1cccc2c1N(C)CCCN2CC(=O)O. The zero-order valence-corrected chi connectivity index (χ0v) is 11.9. The summed E-state index contributed by atoms with van der Waals surface area (Å²) in [5.74, 6) is -0.340. The number of carboxylic acid groups (broad SMARTS) is 1. The number of rotatable bonds is 3. The molecule has 4 nitrogen and oxygen atoms in total. The van der Waals surface area contributed by atoms with Crippen LogP contribution in [-0.4, -0.2) is 37.8 Å². The Bertz CT molecular complexity index is 471. The van der Waals surface area contributed by atoms with E-state index in [1.165, 1.54) is 11.3 Å². The van der Waals surface area contributed by atoms with Crippen molar-refractivity contribution < 1.29 is 9.90 Å². The third kappa shape index (κ3) is 2.83. The molecule has 0 radical (unpaired) electrons. The average Bonchev–Trinajstić information content (AvgIpc) is 2.49. The maximum absolute atomic E-state index is 11.0. The van der Waals surface area contributed by atoms with Crippen molar-refractivity contribution in [3.63, 3.8) is 0 Å². The molecule has 4 heteroatoms. The van der Waals surface area contributed by atoms with Crippen LogP contribution < -0.4 is 9.80 Å². The number of anilines is 2. The summed E-state index contributed by atoms with van der Waals surface area (Å²) in [4.78, 5) is 15.3. The minimum absolute atomic E-state index is 0.0718. The summed E-state index contributed by atoms with van der Waals surface area (Å²) < 4.78 is 0. The van der Waals surface area contributed by atoms with Crippen LogP contribution in [0.4, 0.5) is 11.4 Å². The van der Waals surface area contributed by atoms with E-state index in [0.29, 0.717) is 5.92 Å². The molecule has 0 aliphatic carbocycles. The third-order valence-electron chi connectivity index (χ3n) is 3.64. The maximum Gasteiger partial charge on any atom is 0.323 e. The molecule has 1 aliphatic rings. The minimum Gasteiger partial charge on any atom is -0.480 e. The van der Waals surface area contributed by atoms with Gasteiger partial charge in [0.05, 0.1) is 11.4 Å². The van der Waals surface area contributed by atoms with Gasteiger partial charge in [0.1, 0.15) is 6.54 Å². The van der Waals surface area contributed by atoms with E-state index in [4.69, 9.17) is 5.11 Å². The number of nitrogens with zero attached hydrogens (tertiary/aromatic N) is 2. The molecule has 2 rings (SSSR count). The number of para-hydroxylation sites is 1. The second-order valence-electron chi connectivity index (χ2n) is 5.46. The lowest BCUT2D eigenvalue weighted by molar-refractivity contribution is -0.135. The summed E-state index contributed by atoms with van der Waals surface area (Å²) in [7, 11) is 2.09. The van der Waals surface area contributed by atoms with Gasteiger partial charge in [0.15, 0.2) is 0 Å². The molecule has 104 valence electrons. The maximum atomic E-state index is 11.0. The van der Waals surface area contributed by atoms with Crippen LogP contribution in [0.1, 0.15) is 31.7 Å². The molecule has 19 heavy (non-hydrogen) atoms. The van der Waals surface area contributed by atoms with E-state index < -0.39 is 5.97 Å². The molecule has 0 saturated heterocycles.